The van der Waals surface area contributed by atoms with Crippen molar-refractivity contribution in [2.75, 3.05) is 0 Å². The third-order valence-corrected chi connectivity index (χ3v) is 3.24. The Morgan fingerprint density at radius 2 is 1.74 bits per heavy atom. The quantitative estimate of drug-likeness (QED) is 0.716. The van der Waals surface area contributed by atoms with Crippen LogP contribution in [0.1, 0.15) is 0 Å². The predicted octanol–water partition coefficient (Wildman–Crippen LogP) is 3.30. The molecular weight excluding hydrogens is 264 g/mol. The molecule has 19 heavy (non-hydrogen) atoms. The van der Waals surface area contributed by atoms with Gasteiger partial charge in [0.25, 0.3) is 0 Å². The van der Waals surface area contributed by atoms with E-state index < -0.39 is 0 Å². The van der Waals surface area contributed by atoms with E-state index in [0.29, 0.717) is 16.4 Å². The lowest BCUT2D eigenvalue weighted by Crippen LogP contribution is -1.92. The highest BCUT2D eigenvalue weighted by molar-refractivity contribution is 6.31. The van der Waals surface area contributed by atoms with Gasteiger partial charge in [0.15, 0.2) is 0 Å². The molecule has 0 saturated carbocycles. The average Bonchev–Trinajstić information content (AvgIpc) is 2.66. The first-order chi connectivity index (χ1) is 9.04. The van der Waals surface area contributed by atoms with Crippen molar-refractivity contribution in [3.63, 3.8) is 0 Å². The lowest BCUT2D eigenvalue weighted by Gasteiger charge is -2.04. The Balaban J connectivity index is 2.27. The van der Waals surface area contributed by atoms with Gasteiger partial charge in [0, 0.05) is 23.7 Å². The lowest BCUT2D eigenvalue weighted by atomic mass is 10.2. The van der Waals surface area contributed by atoms with Crippen molar-refractivity contribution < 1.29 is 10.2 Å². The van der Waals surface area contributed by atoms with Crippen molar-refractivity contribution in [2.24, 2.45) is 7.05 Å². The fourth-order valence-electron chi connectivity index (χ4n) is 2.15. The molecule has 3 rings (SSSR count). The smallest absolute Gasteiger partial charge is 0.141 e. The van der Waals surface area contributed by atoms with Crippen LogP contribution < -0.4 is 0 Å². The van der Waals surface area contributed by atoms with Crippen LogP contribution in [0.2, 0.25) is 5.02 Å². The van der Waals surface area contributed by atoms with Gasteiger partial charge in [0.05, 0.1) is 11.0 Å². The SMILES string of the molecule is Cn1c(-c2cc(O)cc(O)c2)nc2ccc(Cl)cc21. The van der Waals surface area contributed by atoms with E-state index in [1.54, 1.807) is 18.2 Å². The molecule has 5 heteroatoms. The number of aromatic hydroxyl groups is 2. The average molecular weight is 275 g/mol. The largest absolute Gasteiger partial charge is 0.508 e. The molecule has 0 aliphatic rings. The second-order valence-electron chi connectivity index (χ2n) is 4.37. The lowest BCUT2D eigenvalue weighted by molar-refractivity contribution is 0.451. The van der Waals surface area contributed by atoms with Crippen LogP contribution in [-0.2, 0) is 7.05 Å². The fourth-order valence-corrected chi connectivity index (χ4v) is 2.31. The predicted molar refractivity (Wildman–Crippen MR) is 74.5 cm³/mol. The van der Waals surface area contributed by atoms with Crippen LogP contribution in [0, 0.1) is 0 Å². The number of fused-ring (bicyclic) bond motifs is 1. The number of aryl methyl sites for hydroxylation is 1. The topological polar surface area (TPSA) is 58.3 Å². The molecule has 0 saturated heterocycles. The minimum atomic E-state index is 0.0000820. The van der Waals surface area contributed by atoms with Gasteiger partial charge in [-0.3, -0.25) is 0 Å². The van der Waals surface area contributed by atoms with E-state index in [2.05, 4.69) is 4.98 Å². The molecule has 0 radical (unpaired) electrons. The Morgan fingerprint density at radius 3 is 2.42 bits per heavy atom. The Bertz CT molecular complexity index is 760. The van der Waals surface area contributed by atoms with Gasteiger partial charge in [-0.05, 0) is 30.3 Å². The van der Waals surface area contributed by atoms with Crippen molar-refractivity contribution >= 4 is 22.6 Å². The first-order valence-corrected chi connectivity index (χ1v) is 6.08. The number of hydrogen-bond acceptors (Lipinski definition) is 3. The minimum Gasteiger partial charge on any atom is -0.508 e. The Labute approximate surface area is 114 Å². The Morgan fingerprint density at radius 1 is 1.05 bits per heavy atom. The van der Waals surface area contributed by atoms with Gasteiger partial charge in [-0.15, -0.1) is 0 Å². The highest BCUT2D eigenvalue weighted by Gasteiger charge is 2.11. The van der Waals surface area contributed by atoms with Crippen LogP contribution in [-0.4, -0.2) is 19.8 Å². The molecule has 0 unspecified atom stereocenters. The van der Waals surface area contributed by atoms with Crippen LogP contribution in [0.3, 0.4) is 0 Å². The van der Waals surface area contributed by atoms with Crippen molar-refractivity contribution in [3.05, 3.63) is 41.4 Å². The molecule has 1 heterocycles. The number of benzene rings is 2. The maximum atomic E-state index is 9.55. The highest BCUT2D eigenvalue weighted by atomic mass is 35.5. The molecule has 96 valence electrons. The van der Waals surface area contributed by atoms with E-state index in [0.717, 1.165) is 11.0 Å². The first-order valence-electron chi connectivity index (χ1n) is 5.70. The van der Waals surface area contributed by atoms with Gasteiger partial charge >= 0.3 is 0 Å². The summed E-state index contributed by atoms with van der Waals surface area (Å²) >= 11 is 5.98. The summed E-state index contributed by atoms with van der Waals surface area (Å²) in [5, 5.41) is 19.7. The summed E-state index contributed by atoms with van der Waals surface area (Å²) in [6.07, 6.45) is 0. The Hall–Kier alpha value is -2.20. The molecule has 0 aliphatic carbocycles. The number of rotatable bonds is 1. The summed E-state index contributed by atoms with van der Waals surface area (Å²) in [5.41, 5.74) is 2.35. The van der Waals surface area contributed by atoms with Crippen molar-refractivity contribution in [1.82, 2.24) is 9.55 Å². The summed E-state index contributed by atoms with van der Waals surface area (Å²) in [6, 6.07) is 9.84. The van der Waals surface area contributed by atoms with Gasteiger partial charge < -0.3 is 14.8 Å². The van der Waals surface area contributed by atoms with E-state index >= 15 is 0 Å². The summed E-state index contributed by atoms with van der Waals surface area (Å²) in [6.45, 7) is 0. The monoisotopic (exact) mass is 274 g/mol. The molecule has 4 nitrogen and oxygen atoms in total. The van der Waals surface area contributed by atoms with Crippen molar-refractivity contribution in [3.8, 4) is 22.9 Å². The summed E-state index contributed by atoms with van der Waals surface area (Å²) in [5.74, 6) is 0.656. The van der Waals surface area contributed by atoms with Gasteiger partial charge in [-0.25, -0.2) is 4.98 Å². The third kappa shape index (κ3) is 2.00. The van der Waals surface area contributed by atoms with E-state index in [9.17, 15) is 10.2 Å². The maximum absolute atomic E-state index is 9.55. The highest BCUT2D eigenvalue weighted by Crippen LogP contribution is 2.30. The molecule has 2 N–H and O–H groups in total. The van der Waals surface area contributed by atoms with Crippen LogP contribution in [0.15, 0.2) is 36.4 Å². The van der Waals surface area contributed by atoms with Crippen LogP contribution in [0.25, 0.3) is 22.4 Å². The van der Waals surface area contributed by atoms with Gasteiger partial charge in [-0.1, -0.05) is 11.6 Å². The van der Waals surface area contributed by atoms with Gasteiger partial charge in [0.1, 0.15) is 17.3 Å². The van der Waals surface area contributed by atoms with E-state index in [1.165, 1.54) is 6.07 Å². The van der Waals surface area contributed by atoms with Crippen molar-refractivity contribution in [1.29, 1.82) is 0 Å². The van der Waals surface area contributed by atoms with Crippen LogP contribution >= 0.6 is 11.6 Å². The fraction of sp³-hybridized carbons (Fsp3) is 0.0714. The molecule has 0 amide bonds. The van der Waals surface area contributed by atoms with Gasteiger partial charge in [-0.2, -0.15) is 0 Å². The molecule has 0 bridgehead atoms. The molecule has 0 spiro atoms. The number of phenols is 2. The number of phenolic OH excluding ortho intramolecular Hbond substituents is 2. The summed E-state index contributed by atoms with van der Waals surface area (Å²) in [7, 11) is 1.86. The Kier molecular flexibility index (Phi) is 2.61. The number of hydrogen-bond donors (Lipinski definition) is 2. The minimum absolute atomic E-state index is 0.0000820. The van der Waals surface area contributed by atoms with E-state index in [-0.39, 0.29) is 11.5 Å². The van der Waals surface area contributed by atoms with Crippen LogP contribution in [0.4, 0.5) is 0 Å². The number of halogens is 1. The zero-order valence-corrected chi connectivity index (χ0v) is 10.9. The number of aromatic nitrogens is 2. The summed E-state index contributed by atoms with van der Waals surface area (Å²) < 4.78 is 1.87. The first kappa shape index (κ1) is 11.9. The molecule has 0 aliphatic heterocycles. The zero-order valence-electron chi connectivity index (χ0n) is 10.1. The normalized spacial score (nSPS) is 11.1. The molecule has 3 aromatic rings. The second kappa shape index (κ2) is 4.17. The van der Waals surface area contributed by atoms with E-state index in [1.807, 2.05) is 23.7 Å². The van der Waals surface area contributed by atoms with E-state index in [4.69, 9.17) is 11.6 Å². The third-order valence-electron chi connectivity index (χ3n) is 3.00. The van der Waals surface area contributed by atoms with Gasteiger partial charge in [0.2, 0.25) is 0 Å². The second-order valence-corrected chi connectivity index (χ2v) is 4.80. The number of imidazole rings is 1. The summed E-state index contributed by atoms with van der Waals surface area (Å²) in [4.78, 5) is 4.49. The molecule has 0 fully saturated rings. The maximum Gasteiger partial charge on any atom is 0.141 e. The van der Waals surface area contributed by atoms with Crippen LogP contribution in [0.5, 0.6) is 11.5 Å². The molecule has 0 atom stereocenters. The van der Waals surface area contributed by atoms with Crippen molar-refractivity contribution in [2.45, 2.75) is 0 Å². The standard InChI is InChI=1S/C14H11ClN2O2/c1-17-13-6-9(15)2-3-12(13)16-14(17)8-4-10(18)7-11(19)5-8/h2-7,18-19H,1H3. The molecule has 1 aromatic heterocycles. The number of nitrogens with zero attached hydrogens (tertiary/aromatic N) is 2. The molecule has 2 aromatic carbocycles. The molecular formula is C14H11ClN2O2. The zero-order chi connectivity index (χ0) is 13.6.